The Hall–Kier alpha value is -2.87. The van der Waals surface area contributed by atoms with Gasteiger partial charge in [-0.15, -0.1) is 10.2 Å². The number of carbonyl (C=O) groups is 1. The van der Waals surface area contributed by atoms with E-state index in [0.717, 1.165) is 25.0 Å². The summed E-state index contributed by atoms with van der Waals surface area (Å²) in [7, 11) is 0. The molecule has 1 amide bonds. The molecule has 4 rings (SSSR count). The van der Waals surface area contributed by atoms with Gasteiger partial charge in [-0.1, -0.05) is 23.7 Å². The molecule has 0 saturated carbocycles. The summed E-state index contributed by atoms with van der Waals surface area (Å²) in [6, 6.07) is 11.4. The molecule has 1 aliphatic rings. The normalized spacial score (nSPS) is 17.2. The van der Waals surface area contributed by atoms with Gasteiger partial charge in [-0.05, 0) is 49.2 Å². The average Bonchev–Trinajstić information content (AvgIpc) is 3.24. The van der Waals surface area contributed by atoms with Crippen LogP contribution in [0.15, 0.2) is 52.9 Å². The van der Waals surface area contributed by atoms with E-state index in [4.69, 9.17) is 16.0 Å². The SMILES string of the molecule is O=C(c1ccccc1Cl)N1CCCC(c2nnc(-c3ccc(C(F)(F)F)cc3)o2)C1. The smallest absolute Gasteiger partial charge is 0.416 e. The van der Waals surface area contributed by atoms with Gasteiger partial charge < -0.3 is 9.32 Å². The summed E-state index contributed by atoms with van der Waals surface area (Å²) in [5.41, 5.74) is 0.101. The Morgan fingerprint density at radius 1 is 1.10 bits per heavy atom. The molecule has 2 aromatic carbocycles. The molecule has 0 radical (unpaired) electrons. The Morgan fingerprint density at radius 3 is 2.53 bits per heavy atom. The summed E-state index contributed by atoms with van der Waals surface area (Å²) in [6.07, 6.45) is -2.88. The number of nitrogens with zero attached hydrogens (tertiary/aromatic N) is 3. The highest BCUT2D eigenvalue weighted by Gasteiger charge is 2.31. The van der Waals surface area contributed by atoms with Crippen LogP contribution in [0.25, 0.3) is 11.5 Å². The van der Waals surface area contributed by atoms with Crippen molar-refractivity contribution in [3.8, 4) is 11.5 Å². The van der Waals surface area contributed by atoms with Crippen LogP contribution in [0, 0.1) is 0 Å². The highest BCUT2D eigenvalue weighted by atomic mass is 35.5. The lowest BCUT2D eigenvalue weighted by molar-refractivity contribution is -0.137. The predicted molar refractivity (Wildman–Crippen MR) is 104 cm³/mol. The summed E-state index contributed by atoms with van der Waals surface area (Å²) in [5.74, 6) is 0.198. The number of alkyl halides is 3. The number of aromatic nitrogens is 2. The van der Waals surface area contributed by atoms with E-state index < -0.39 is 11.7 Å². The Kier molecular flexibility index (Phi) is 5.51. The fourth-order valence-electron chi connectivity index (χ4n) is 3.49. The molecule has 30 heavy (non-hydrogen) atoms. The van der Waals surface area contributed by atoms with Crippen LogP contribution in [0.5, 0.6) is 0 Å². The zero-order valence-electron chi connectivity index (χ0n) is 15.7. The number of carbonyl (C=O) groups excluding carboxylic acids is 1. The molecule has 5 nitrogen and oxygen atoms in total. The molecular weight excluding hydrogens is 419 g/mol. The highest BCUT2D eigenvalue weighted by Crippen LogP contribution is 2.32. The highest BCUT2D eigenvalue weighted by molar-refractivity contribution is 6.33. The standard InChI is InChI=1S/C21H17ClF3N3O2/c22-17-6-2-1-5-16(17)20(29)28-11-3-4-14(12-28)19-27-26-18(30-19)13-7-9-15(10-8-13)21(23,24)25/h1-2,5-10,14H,3-4,11-12H2. The monoisotopic (exact) mass is 435 g/mol. The van der Waals surface area contributed by atoms with Crippen molar-refractivity contribution in [1.29, 1.82) is 0 Å². The maximum atomic E-state index is 12.8. The van der Waals surface area contributed by atoms with E-state index in [2.05, 4.69) is 10.2 Å². The van der Waals surface area contributed by atoms with Crippen LogP contribution >= 0.6 is 11.6 Å². The van der Waals surface area contributed by atoms with Gasteiger partial charge in [0.15, 0.2) is 0 Å². The number of likely N-dealkylation sites (tertiary alicyclic amines) is 1. The molecule has 0 spiro atoms. The van der Waals surface area contributed by atoms with Gasteiger partial charge in [-0.3, -0.25) is 4.79 Å². The van der Waals surface area contributed by atoms with Crippen molar-refractivity contribution >= 4 is 17.5 Å². The number of hydrogen-bond donors (Lipinski definition) is 0. The summed E-state index contributed by atoms with van der Waals surface area (Å²) in [4.78, 5) is 14.5. The number of halogens is 4. The maximum Gasteiger partial charge on any atom is 0.416 e. The first-order valence-electron chi connectivity index (χ1n) is 9.38. The summed E-state index contributed by atoms with van der Waals surface area (Å²) in [6.45, 7) is 0.999. The van der Waals surface area contributed by atoms with Crippen LogP contribution in [-0.2, 0) is 6.18 Å². The minimum absolute atomic E-state index is 0.147. The van der Waals surface area contributed by atoms with Crippen molar-refractivity contribution in [3.05, 3.63) is 70.6 Å². The number of rotatable bonds is 3. The number of piperidine rings is 1. The Bertz CT molecular complexity index is 1050. The molecule has 2 heterocycles. The lowest BCUT2D eigenvalue weighted by Crippen LogP contribution is -2.39. The predicted octanol–water partition coefficient (Wildman–Crippen LogP) is 5.43. The minimum atomic E-state index is -4.40. The average molecular weight is 436 g/mol. The summed E-state index contributed by atoms with van der Waals surface area (Å²) < 4.78 is 43.9. The van der Waals surface area contributed by atoms with E-state index in [1.165, 1.54) is 12.1 Å². The fourth-order valence-corrected chi connectivity index (χ4v) is 3.70. The molecule has 156 valence electrons. The molecule has 1 unspecified atom stereocenters. The lowest BCUT2D eigenvalue weighted by atomic mass is 9.97. The minimum Gasteiger partial charge on any atom is -0.420 e. The zero-order valence-corrected chi connectivity index (χ0v) is 16.5. The molecule has 9 heteroatoms. The van der Waals surface area contributed by atoms with E-state index in [1.807, 2.05) is 0 Å². The summed E-state index contributed by atoms with van der Waals surface area (Å²) >= 11 is 6.14. The van der Waals surface area contributed by atoms with Gasteiger partial charge in [-0.2, -0.15) is 13.2 Å². The molecule has 1 atom stereocenters. The third-order valence-electron chi connectivity index (χ3n) is 5.06. The van der Waals surface area contributed by atoms with Crippen molar-refractivity contribution in [2.24, 2.45) is 0 Å². The first kappa shape index (κ1) is 20.4. The van der Waals surface area contributed by atoms with Crippen LogP contribution in [0.2, 0.25) is 5.02 Å². The second-order valence-corrected chi connectivity index (χ2v) is 7.50. The second kappa shape index (κ2) is 8.10. The molecule has 1 saturated heterocycles. The lowest BCUT2D eigenvalue weighted by Gasteiger charge is -2.31. The third kappa shape index (κ3) is 4.18. The van der Waals surface area contributed by atoms with E-state index in [-0.39, 0.29) is 17.7 Å². The quantitative estimate of drug-likeness (QED) is 0.550. The van der Waals surface area contributed by atoms with Crippen molar-refractivity contribution in [3.63, 3.8) is 0 Å². The number of hydrogen-bond acceptors (Lipinski definition) is 4. The topological polar surface area (TPSA) is 59.2 Å². The third-order valence-corrected chi connectivity index (χ3v) is 5.39. The van der Waals surface area contributed by atoms with Crippen molar-refractivity contribution < 1.29 is 22.4 Å². The zero-order chi connectivity index (χ0) is 21.3. The van der Waals surface area contributed by atoms with Crippen LogP contribution in [0.3, 0.4) is 0 Å². The second-order valence-electron chi connectivity index (χ2n) is 7.09. The molecule has 1 aliphatic heterocycles. The molecular formula is C21H17ClF3N3O2. The van der Waals surface area contributed by atoms with Crippen molar-refractivity contribution in [1.82, 2.24) is 15.1 Å². The van der Waals surface area contributed by atoms with Gasteiger partial charge in [0.2, 0.25) is 11.8 Å². The Morgan fingerprint density at radius 2 is 1.83 bits per heavy atom. The van der Waals surface area contributed by atoms with Crippen molar-refractivity contribution in [2.45, 2.75) is 24.9 Å². The van der Waals surface area contributed by atoms with Gasteiger partial charge in [-0.25, -0.2) is 0 Å². The number of benzene rings is 2. The Balaban J connectivity index is 1.49. The van der Waals surface area contributed by atoms with E-state index in [9.17, 15) is 18.0 Å². The molecule has 0 aliphatic carbocycles. The van der Waals surface area contributed by atoms with Crippen LogP contribution < -0.4 is 0 Å². The van der Waals surface area contributed by atoms with E-state index >= 15 is 0 Å². The van der Waals surface area contributed by atoms with Crippen LogP contribution in [-0.4, -0.2) is 34.1 Å². The van der Waals surface area contributed by atoms with Crippen molar-refractivity contribution in [2.75, 3.05) is 13.1 Å². The first-order valence-corrected chi connectivity index (χ1v) is 9.75. The molecule has 0 N–H and O–H groups in total. The van der Waals surface area contributed by atoms with Crippen LogP contribution in [0.4, 0.5) is 13.2 Å². The largest absolute Gasteiger partial charge is 0.420 e. The molecule has 1 fully saturated rings. The van der Waals surface area contributed by atoms with Gasteiger partial charge in [0.1, 0.15) is 0 Å². The van der Waals surface area contributed by atoms with Gasteiger partial charge in [0.05, 0.1) is 22.1 Å². The van der Waals surface area contributed by atoms with Gasteiger partial charge >= 0.3 is 6.18 Å². The number of amides is 1. The van der Waals surface area contributed by atoms with Gasteiger partial charge in [0.25, 0.3) is 5.91 Å². The first-order chi connectivity index (χ1) is 14.3. The molecule has 3 aromatic rings. The molecule has 0 bridgehead atoms. The summed E-state index contributed by atoms with van der Waals surface area (Å²) in [5, 5.41) is 8.44. The van der Waals surface area contributed by atoms with E-state index in [0.29, 0.717) is 35.1 Å². The molecule has 1 aromatic heterocycles. The van der Waals surface area contributed by atoms with Gasteiger partial charge in [0, 0.05) is 18.7 Å². The fraction of sp³-hybridized carbons (Fsp3) is 0.286. The van der Waals surface area contributed by atoms with Crippen LogP contribution in [0.1, 0.15) is 40.6 Å². The maximum absolute atomic E-state index is 12.8. The Labute approximate surface area is 175 Å². The van der Waals surface area contributed by atoms with E-state index in [1.54, 1.807) is 29.2 Å².